The molecule has 24 heavy (non-hydrogen) atoms. The van der Waals surface area contributed by atoms with Gasteiger partial charge in [0.25, 0.3) is 5.91 Å². The Morgan fingerprint density at radius 3 is 2.42 bits per heavy atom. The maximum absolute atomic E-state index is 12.2. The van der Waals surface area contributed by atoms with E-state index in [9.17, 15) is 9.59 Å². The summed E-state index contributed by atoms with van der Waals surface area (Å²) in [6, 6.07) is 7.71. The number of hydrogen-bond donors (Lipinski definition) is 1. The lowest BCUT2D eigenvalue weighted by Crippen LogP contribution is -2.37. The van der Waals surface area contributed by atoms with Crippen LogP contribution < -0.4 is 5.32 Å². The maximum Gasteiger partial charge on any atom is 0.339 e. The van der Waals surface area contributed by atoms with Gasteiger partial charge in [-0.1, -0.05) is 29.3 Å². The van der Waals surface area contributed by atoms with E-state index < -0.39 is 18.0 Å². The van der Waals surface area contributed by atoms with Crippen LogP contribution in [0.25, 0.3) is 0 Å². The Morgan fingerprint density at radius 1 is 1.12 bits per heavy atom. The molecule has 0 unspecified atom stereocenters. The summed E-state index contributed by atoms with van der Waals surface area (Å²) in [6.07, 6.45) is 2.01. The standard InChI is InChI=1S/C17H16Cl2N2O3/c1-10(14-4-3-13(18)9-15(14)19)21-16(22)11(2)24-17(23)12-5-7-20-8-6-12/h3-11H,1-2H3,(H,21,22)/t10-,11+/m1/s1. The number of carbonyl (C=O) groups is 2. The van der Waals surface area contributed by atoms with E-state index in [1.807, 2.05) is 0 Å². The fourth-order valence-electron chi connectivity index (χ4n) is 2.03. The Labute approximate surface area is 149 Å². The average molecular weight is 367 g/mol. The van der Waals surface area contributed by atoms with Crippen molar-refractivity contribution in [1.82, 2.24) is 10.3 Å². The number of ether oxygens (including phenoxy) is 1. The van der Waals surface area contributed by atoms with Gasteiger partial charge in [-0.2, -0.15) is 0 Å². The van der Waals surface area contributed by atoms with Crippen LogP contribution in [0.3, 0.4) is 0 Å². The quantitative estimate of drug-likeness (QED) is 0.816. The number of pyridine rings is 1. The summed E-state index contributed by atoms with van der Waals surface area (Å²) in [6.45, 7) is 3.29. The van der Waals surface area contributed by atoms with Crippen molar-refractivity contribution >= 4 is 35.1 Å². The van der Waals surface area contributed by atoms with E-state index in [1.165, 1.54) is 31.5 Å². The number of carbonyl (C=O) groups excluding carboxylic acids is 2. The molecule has 7 heteroatoms. The SMILES string of the molecule is C[C@H](OC(=O)c1ccncc1)C(=O)N[C@H](C)c1ccc(Cl)cc1Cl. The summed E-state index contributed by atoms with van der Waals surface area (Å²) in [5, 5.41) is 3.73. The summed E-state index contributed by atoms with van der Waals surface area (Å²) in [5.74, 6) is -1.01. The zero-order valence-corrected chi connectivity index (χ0v) is 14.6. The van der Waals surface area contributed by atoms with Crippen LogP contribution in [-0.2, 0) is 9.53 Å². The molecule has 1 N–H and O–H groups in total. The number of nitrogens with one attached hydrogen (secondary N) is 1. The zero-order chi connectivity index (χ0) is 17.7. The first kappa shape index (κ1) is 18.2. The largest absolute Gasteiger partial charge is 0.449 e. The van der Waals surface area contributed by atoms with Crippen LogP contribution in [0.4, 0.5) is 0 Å². The van der Waals surface area contributed by atoms with E-state index in [2.05, 4.69) is 10.3 Å². The Balaban J connectivity index is 1.97. The summed E-state index contributed by atoms with van der Waals surface area (Å²) in [7, 11) is 0. The molecule has 0 bridgehead atoms. The summed E-state index contributed by atoms with van der Waals surface area (Å²) in [4.78, 5) is 28.0. The zero-order valence-electron chi connectivity index (χ0n) is 13.1. The van der Waals surface area contributed by atoms with Crippen molar-refractivity contribution in [3.8, 4) is 0 Å². The third-order valence-corrected chi connectivity index (χ3v) is 3.92. The minimum atomic E-state index is -0.945. The lowest BCUT2D eigenvalue weighted by molar-refractivity contribution is -0.129. The van der Waals surface area contributed by atoms with E-state index in [4.69, 9.17) is 27.9 Å². The topological polar surface area (TPSA) is 68.3 Å². The second-order valence-corrected chi connectivity index (χ2v) is 6.02. The highest BCUT2D eigenvalue weighted by Crippen LogP contribution is 2.26. The van der Waals surface area contributed by atoms with Crippen LogP contribution >= 0.6 is 23.2 Å². The molecule has 0 radical (unpaired) electrons. The van der Waals surface area contributed by atoms with Crippen LogP contribution in [0, 0.1) is 0 Å². The first-order valence-electron chi connectivity index (χ1n) is 7.25. The van der Waals surface area contributed by atoms with Crippen LogP contribution in [0.2, 0.25) is 10.0 Å². The molecule has 126 valence electrons. The Hall–Kier alpha value is -2.11. The molecule has 2 rings (SSSR count). The lowest BCUT2D eigenvalue weighted by atomic mass is 10.1. The second-order valence-electron chi connectivity index (χ2n) is 5.18. The Morgan fingerprint density at radius 2 is 1.79 bits per heavy atom. The van der Waals surface area contributed by atoms with E-state index >= 15 is 0 Å². The molecule has 1 aromatic heterocycles. The molecule has 0 saturated heterocycles. The van der Waals surface area contributed by atoms with Crippen LogP contribution in [0.15, 0.2) is 42.7 Å². The van der Waals surface area contributed by atoms with Gasteiger partial charge in [-0.25, -0.2) is 4.79 Å². The maximum atomic E-state index is 12.2. The molecule has 0 saturated carbocycles. The minimum absolute atomic E-state index is 0.332. The van der Waals surface area contributed by atoms with Crippen molar-refractivity contribution in [2.75, 3.05) is 0 Å². The number of benzene rings is 1. The van der Waals surface area contributed by atoms with Gasteiger partial charge >= 0.3 is 5.97 Å². The van der Waals surface area contributed by atoms with Gasteiger partial charge in [0.1, 0.15) is 0 Å². The number of esters is 1. The second kappa shape index (κ2) is 8.13. The molecule has 2 aromatic rings. The smallest absolute Gasteiger partial charge is 0.339 e. The molecule has 2 atom stereocenters. The number of aromatic nitrogens is 1. The molecule has 1 aromatic carbocycles. The Kier molecular flexibility index (Phi) is 6.17. The van der Waals surface area contributed by atoms with Gasteiger partial charge in [0.2, 0.25) is 0 Å². The van der Waals surface area contributed by atoms with Gasteiger partial charge < -0.3 is 10.1 Å². The van der Waals surface area contributed by atoms with Crippen molar-refractivity contribution in [2.45, 2.75) is 26.0 Å². The van der Waals surface area contributed by atoms with Crippen LogP contribution in [0.1, 0.15) is 35.8 Å². The third kappa shape index (κ3) is 4.69. The predicted octanol–water partition coefficient (Wildman–Crippen LogP) is 3.81. The molecule has 0 spiro atoms. The van der Waals surface area contributed by atoms with Crippen molar-refractivity contribution in [3.63, 3.8) is 0 Å². The number of nitrogens with zero attached hydrogens (tertiary/aromatic N) is 1. The molecular formula is C17H16Cl2N2O3. The molecular weight excluding hydrogens is 351 g/mol. The number of rotatable bonds is 5. The van der Waals surface area contributed by atoms with Gasteiger partial charge in [-0.3, -0.25) is 9.78 Å². The minimum Gasteiger partial charge on any atom is -0.449 e. The van der Waals surface area contributed by atoms with E-state index in [1.54, 1.807) is 25.1 Å². The molecule has 1 amide bonds. The molecule has 0 aliphatic rings. The average Bonchev–Trinajstić information content (AvgIpc) is 2.55. The van der Waals surface area contributed by atoms with Gasteiger partial charge in [0, 0.05) is 22.4 Å². The van der Waals surface area contributed by atoms with Crippen molar-refractivity contribution < 1.29 is 14.3 Å². The first-order valence-corrected chi connectivity index (χ1v) is 8.00. The number of halogens is 2. The van der Waals surface area contributed by atoms with Crippen LogP contribution in [0.5, 0.6) is 0 Å². The lowest BCUT2D eigenvalue weighted by Gasteiger charge is -2.19. The highest BCUT2D eigenvalue weighted by atomic mass is 35.5. The fourth-order valence-corrected chi connectivity index (χ4v) is 2.60. The number of amides is 1. The van der Waals surface area contributed by atoms with Crippen LogP contribution in [-0.4, -0.2) is 23.0 Å². The highest BCUT2D eigenvalue weighted by Gasteiger charge is 2.21. The monoisotopic (exact) mass is 366 g/mol. The Bertz CT molecular complexity index is 738. The molecule has 0 fully saturated rings. The molecule has 1 heterocycles. The summed E-state index contributed by atoms with van der Waals surface area (Å²) < 4.78 is 5.15. The van der Waals surface area contributed by atoms with Gasteiger partial charge in [0.15, 0.2) is 6.10 Å². The fraction of sp³-hybridized carbons (Fsp3) is 0.235. The van der Waals surface area contributed by atoms with Gasteiger partial charge in [-0.05, 0) is 43.7 Å². The molecule has 0 aliphatic heterocycles. The number of hydrogen-bond acceptors (Lipinski definition) is 4. The predicted molar refractivity (Wildman–Crippen MR) is 92.1 cm³/mol. The van der Waals surface area contributed by atoms with E-state index in [-0.39, 0.29) is 6.04 Å². The summed E-state index contributed by atoms with van der Waals surface area (Å²) in [5.41, 5.74) is 1.06. The van der Waals surface area contributed by atoms with E-state index in [0.29, 0.717) is 15.6 Å². The molecule has 5 nitrogen and oxygen atoms in total. The first-order chi connectivity index (χ1) is 11.4. The highest BCUT2D eigenvalue weighted by molar-refractivity contribution is 6.35. The summed E-state index contributed by atoms with van der Waals surface area (Å²) >= 11 is 12.0. The van der Waals surface area contributed by atoms with Crippen molar-refractivity contribution in [3.05, 3.63) is 63.9 Å². The van der Waals surface area contributed by atoms with E-state index in [0.717, 1.165) is 5.56 Å². The van der Waals surface area contributed by atoms with Gasteiger partial charge in [-0.15, -0.1) is 0 Å². The van der Waals surface area contributed by atoms with Crippen molar-refractivity contribution in [2.24, 2.45) is 0 Å². The van der Waals surface area contributed by atoms with Crippen molar-refractivity contribution in [1.29, 1.82) is 0 Å². The third-order valence-electron chi connectivity index (χ3n) is 3.36. The normalized spacial score (nSPS) is 13.0. The molecule has 0 aliphatic carbocycles. The van der Waals surface area contributed by atoms with Gasteiger partial charge in [0.05, 0.1) is 11.6 Å².